The van der Waals surface area contributed by atoms with Gasteiger partial charge in [0.2, 0.25) is 0 Å². The van der Waals surface area contributed by atoms with Crippen LogP contribution in [-0.2, 0) is 22.9 Å². The molecule has 4 rings (SSSR count). The zero-order valence-corrected chi connectivity index (χ0v) is 29.8. The summed E-state index contributed by atoms with van der Waals surface area (Å²) in [4.78, 5) is 0. The Bertz CT molecular complexity index is 1010. The van der Waals surface area contributed by atoms with Gasteiger partial charge in [-0.05, 0) is 0 Å². The molecule has 0 saturated carbocycles. The predicted molar refractivity (Wildman–Crippen MR) is 167 cm³/mol. The van der Waals surface area contributed by atoms with Crippen LogP contribution in [0.5, 0.6) is 0 Å². The topological polar surface area (TPSA) is 0 Å². The van der Waals surface area contributed by atoms with Crippen molar-refractivity contribution in [3.63, 3.8) is 0 Å². The van der Waals surface area contributed by atoms with E-state index >= 15 is 0 Å². The molecule has 37 heavy (non-hydrogen) atoms. The van der Waals surface area contributed by atoms with E-state index in [-0.39, 0.29) is 15.8 Å². The van der Waals surface area contributed by atoms with Crippen molar-refractivity contribution in [3.8, 4) is 0 Å². The SMILES string of the molecule is CCC(C)P(C1=Cc2ccccc2[CH]1[Hf][CH]1C(P(C(C)CC)C(C)CC)=Cc2ccccc21)C(C)CC. The third-order valence-corrected chi connectivity index (χ3v) is 24.8. The summed E-state index contributed by atoms with van der Waals surface area (Å²) in [6.45, 7) is 19.9. The molecule has 0 aromatic heterocycles. The van der Waals surface area contributed by atoms with Crippen LogP contribution < -0.4 is 0 Å². The second kappa shape index (κ2) is 13.3. The first-order valence-electron chi connectivity index (χ1n) is 14.8. The van der Waals surface area contributed by atoms with E-state index in [2.05, 4.69) is 116 Å². The first-order chi connectivity index (χ1) is 17.9. The molecule has 0 N–H and O–H groups in total. The van der Waals surface area contributed by atoms with Crippen LogP contribution in [-0.4, -0.2) is 22.6 Å². The molecule has 0 aliphatic heterocycles. The first kappa shape index (κ1) is 29.6. The molecule has 2 aromatic carbocycles. The van der Waals surface area contributed by atoms with Gasteiger partial charge in [-0.1, -0.05) is 0 Å². The van der Waals surface area contributed by atoms with E-state index < -0.39 is 22.9 Å². The van der Waals surface area contributed by atoms with Gasteiger partial charge in [0.1, 0.15) is 0 Å². The summed E-state index contributed by atoms with van der Waals surface area (Å²) in [5.74, 6) is 0. The number of fused-ring (bicyclic) bond motifs is 2. The summed E-state index contributed by atoms with van der Waals surface area (Å²) in [7, 11) is -0.245. The van der Waals surface area contributed by atoms with E-state index in [1.165, 1.54) is 36.8 Å². The molecule has 0 radical (unpaired) electrons. The monoisotopic (exact) mass is 698 g/mol. The van der Waals surface area contributed by atoms with Gasteiger partial charge in [0.05, 0.1) is 0 Å². The molecule has 6 atom stereocenters. The molecule has 2 aliphatic carbocycles. The molecule has 2 aromatic rings. The van der Waals surface area contributed by atoms with Gasteiger partial charge in [-0.3, -0.25) is 0 Å². The number of allylic oxidation sites excluding steroid dienone is 2. The maximum absolute atomic E-state index is 2.69. The fourth-order valence-corrected chi connectivity index (χ4v) is 23.7. The minimum atomic E-state index is -1.19. The van der Waals surface area contributed by atoms with Gasteiger partial charge < -0.3 is 0 Å². The van der Waals surface area contributed by atoms with Crippen molar-refractivity contribution in [2.75, 3.05) is 0 Å². The summed E-state index contributed by atoms with van der Waals surface area (Å²) in [5, 5.41) is 3.76. The summed E-state index contributed by atoms with van der Waals surface area (Å²) in [6.07, 6.45) is 10.6. The van der Waals surface area contributed by atoms with E-state index in [9.17, 15) is 0 Å². The van der Waals surface area contributed by atoms with E-state index in [0.717, 1.165) is 30.0 Å². The van der Waals surface area contributed by atoms with Crippen molar-refractivity contribution in [2.45, 2.75) is 111 Å². The molecule has 0 nitrogen and oxygen atoms in total. The Labute approximate surface area is 242 Å². The van der Waals surface area contributed by atoms with Crippen molar-refractivity contribution in [3.05, 3.63) is 81.4 Å². The zero-order chi connectivity index (χ0) is 26.7. The van der Waals surface area contributed by atoms with Crippen LogP contribution in [0.4, 0.5) is 0 Å². The van der Waals surface area contributed by atoms with Crippen molar-refractivity contribution in [1.29, 1.82) is 0 Å². The van der Waals surface area contributed by atoms with Crippen LogP contribution >= 0.6 is 15.8 Å². The average Bonchev–Trinajstić information content (AvgIpc) is 3.46. The quantitative estimate of drug-likeness (QED) is 0.153. The van der Waals surface area contributed by atoms with Gasteiger partial charge >= 0.3 is 243 Å². The molecular weight excluding hydrogens is 649 g/mol. The van der Waals surface area contributed by atoms with Gasteiger partial charge in [0.25, 0.3) is 0 Å². The van der Waals surface area contributed by atoms with E-state index in [1.807, 2.05) is 10.6 Å². The van der Waals surface area contributed by atoms with Crippen LogP contribution in [0, 0.1) is 0 Å². The number of rotatable bonds is 12. The van der Waals surface area contributed by atoms with Crippen LogP contribution in [0.2, 0.25) is 0 Å². The van der Waals surface area contributed by atoms with Gasteiger partial charge in [0, 0.05) is 0 Å². The molecule has 0 fully saturated rings. The van der Waals surface area contributed by atoms with Crippen LogP contribution in [0.3, 0.4) is 0 Å². The normalized spacial score (nSPS) is 23.2. The third kappa shape index (κ3) is 6.06. The summed E-state index contributed by atoms with van der Waals surface area (Å²) < 4.78 is 1.49. The molecule has 198 valence electrons. The first-order valence-corrected chi connectivity index (χ1v) is 21.9. The summed E-state index contributed by atoms with van der Waals surface area (Å²) in [6, 6.07) is 18.9. The molecule has 3 heteroatoms. The van der Waals surface area contributed by atoms with Crippen molar-refractivity contribution in [2.24, 2.45) is 0 Å². The zero-order valence-electron chi connectivity index (χ0n) is 24.5. The Morgan fingerprint density at radius 3 is 1.22 bits per heavy atom. The van der Waals surface area contributed by atoms with Gasteiger partial charge in [-0.2, -0.15) is 0 Å². The Morgan fingerprint density at radius 2 is 0.892 bits per heavy atom. The third-order valence-electron chi connectivity index (χ3n) is 9.00. The Kier molecular flexibility index (Phi) is 10.7. The predicted octanol–water partition coefficient (Wildman–Crippen LogP) is 11.4. The van der Waals surface area contributed by atoms with Crippen LogP contribution in [0.25, 0.3) is 12.2 Å². The van der Waals surface area contributed by atoms with E-state index in [1.54, 1.807) is 11.1 Å². The molecule has 0 bridgehead atoms. The van der Waals surface area contributed by atoms with Crippen LogP contribution in [0.1, 0.15) is 111 Å². The van der Waals surface area contributed by atoms with Crippen LogP contribution in [0.15, 0.2) is 59.2 Å². The number of hydrogen-bond donors (Lipinski definition) is 0. The average molecular weight is 697 g/mol. The second-order valence-corrected chi connectivity index (χ2v) is 22.8. The minimum absolute atomic E-state index is 0.123. The maximum atomic E-state index is 2.69. The van der Waals surface area contributed by atoms with Gasteiger partial charge in [0.15, 0.2) is 0 Å². The molecule has 0 saturated heterocycles. The van der Waals surface area contributed by atoms with Crippen molar-refractivity contribution >= 4 is 28.0 Å². The van der Waals surface area contributed by atoms with Crippen molar-refractivity contribution in [1.82, 2.24) is 0 Å². The summed E-state index contributed by atoms with van der Waals surface area (Å²) in [5.41, 5.74) is 9.66. The number of hydrogen-bond acceptors (Lipinski definition) is 0. The van der Waals surface area contributed by atoms with Gasteiger partial charge in [-0.15, -0.1) is 0 Å². The number of benzene rings is 2. The Morgan fingerprint density at radius 1 is 0.568 bits per heavy atom. The van der Waals surface area contributed by atoms with Crippen molar-refractivity contribution < 1.29 is 22.9 Å². The molecule has 6 unspecified atom stereocenters. The second-order valence-electron chi connectivity index (χ2n) is 11.3. The van der Waals surface area contributed by atoms with E-state index in [0.29, 0.717) is 0 Å². The molecular formula is C34H48HfP2. The Hall–Kier alpha value is -0.350. The molecule has 2 aliphatic rings. The fourth-order valence-electron chi connectivity index (χ4n) is 6.25. The Balaban J connectivity index is 1.80. The molecule has 0 heterocycles. The summed E-state index contributed by atoms with van der Waals surface area (Å²) >= 11 is -1.19. The van der Waals surface area contributed by atoms with E-state index in [4.69, 9.17) is 0 Å². The molecule has 0 amide bonds. The van der Waals surface area contributed by atoms with Gasteiger partial charge in [-0.25, -0.2) is 0 Å². The fraction of sp³-hybridized carbons (Fsp3) is 0.529. The standard InChI is InChI=1S/2C17H24P.Hf/c2*1-5-13(3)18(14(4)6-2)17-11-15-9-7-8-10-16(15)12-17;/h2*7-14H,5-6H2,1-4H3;. The molecule has 0 spiro atoms.